The molecule has 0 N–H and O–H groups in total. The lowest BCUT2D eigenvalue weighted by Gasteiger charge is -2.56. The molecule has 138 valence electrons. The molecule has 5 saturated carbocycles. The Hall–Kier alpha value is -1.03. The van der Waals surface area contributed by atoms with Crippen LogP contribution in [-0.4, -0.2) is 22.5 Å². The van der Waals surface area contributed by atoms with Crippen LogP contribution in [0.3, 0.4) is 0 Å². The maximum Gasteiger partial charge on any atom is 0.162 e. The first-order chi connectivity index (χ1) is 12.2. The minimum atomic E-state index is 0.147. The third-order valence-corrected chi connectivity index (χ3v) is 7.44. The average molecular weight is 344 g/mol. The summed E-state index contributed by atoms with van der Waals surface area (Å²) in [6, 6.07) is 0.552. The molecule has 4 bridgehead atoms. The molecule has 5 fully saturated rings. The summed E-state index contributed by atoms with van der Waals surface area (Å²) in [5.74, 6) is 3.68. The molecule has 0 spiro atoms. The highest BCUT2D eigenvalue weighted by molar-refractivity contribution is 5.24. The van der Waals surface area contributed by atoms with Crippen LogP contribution in [0.15, 0.2) is 6.20 Å². The summed E-state index contributed by atoms with van der Waals surface area (Å²) in [6.45, 7) is 0.620. The Morgan fingerprint density at radius 3 is 2.28 bits per heavy atom. The van der Waals surface area contributed by atoms with Gasteiger partial charge >= 0.3 is 0 Å². The fourth-order valence-corrected chi connectivity index (χ4v) is 6.64. The van der Waals surface area contributed by atoms with Crippen molar-refractivity contribution in [1.29, 1.82) is 0 Å². The summed E-state index contributed by atoms with van der Waals surface area (Å²) in [4.78, 5) is 0. The van der Waals surface area contributed by atoms with Crippen LogP contribution in [0.4, 0.5) is 0 Å². The van der Waals surface area contributed by atoms with Crippen LogP contribution in [0.1, 0.15) is 82.4 Å². The Morgan fingerprint density at radius 2 is 1.68 bits per heavy atom. The zero-order valence-corrected chi connectivity index (χ0v) is 15.6. The number of rotatable bonds is 5. The van der Waals surface area contributed by atoms with Crippen molar-refractivity contribution in [3.63, 3.8) is 0 Å². The van der Waals surface area contributed by atoms with Gasteiger partial charge in [-0.15, -0.1) is 0 Å². The Bertz CT molecular complexity index is 582. The first kappa shape index (κ1) is 16.2. The number of methoxy groups -OCH3 is 1. The lowest BCUT2D eigenvalue weighted by Crippen LogP contribution is -2.51. The van der Waals surface area contributed by atoms with Crippen molar-refractivity contribution in [2.75, 3.05) is 7.11 Å². The first-order valence-corrected chi connectivity index (χ1v) is 10.5. The summed E-state index contributed by atoms with van der Waals surface area (Å²) in [5, 5.41) is 4.89. The predicted molar refractivity (Wildman–Crippen MR) is 96.6 cm³/mol. The molecule has 25 heavy (non-hydrogen) atoms. The highest BCUT2D eigenvalue weighted by atomic mass is 16.5. The molecule has 0 unspecified atom stereocenters. The molecule has 1 aromatic rings. The van der Waals surface area contributed by atoms with Crippen molar-refractivity contribution in [2.45, 2.75) is 88.9 Å². The van der Waals surface area contributed by atoms with Gasteiger partial charge in [-0.3, -0.25) is 4.68 Å². The van der Waals surface area contributed by atoms with E-state index in [0.29, 0.717) is 12.6 Å². The predicted octanol–water partition coefficient (Wildman–Crippen LogP) is 4.88. The second-order valence-electron chi connectivity index (χ2n) is 9.31. The highest BCUT2D eigenvalue weighted by Crippen LogP contribution is 2.57. The summed E-state index contributed by atoms with van der Waals surface area (Å²) in [5.41, 5.74) is 1.15. The largest absolute Gasteiger partial charge is 0.493 e. The second-order valence-corrected chi connectivity index (χ2v) is 9.31. The number of hydrogen-bond acceptors (Lipinski definition) is 3. The standard InChI is InChI=1S/C21H32N2O2/c1-24-20-13-23(18-5-3-2-4-6-18)22-19(20)14-25-21-10-15-7-16(11-21)9-17(8-15)12-21/h13,15-18H,2-12,14H2,1H3. The van der Waals surface area contributed by atoms with E-state index in [0.717, 1.165) is 29.2 Å². The minimum absolute atomic E-state index is 0.147. The molecular weight excluding hydrogens is 312 g/mol. The van der Waals surface area contributed by atoms with E-state index in [-0.39, 0.29) is 5.60 Å². The molecular formula is C21H32N2O2. The van der Waals surface area contributed by atoms with E-state index in [1.807, 2.05) is 0 Å². The first-order valence-electron chi connectivity index (χ1n) is 10.5. The van der Waals surface area contributed by atoms with E-state index >= 15 is 0 Å². The molecule has 4 heteroatoms. The van der Waals surface area contributed by atoms with E-state index in [9.17, 15) is 0 Å². The summed E-state index contributed by atoms with van der Waals surface area (Å²) >= 11 is 0. The highest BCUT2D eigenvalue weighted by Gasteiger charge is 2.51. The van der Waals surface area contributed by atoms with Crippen molar-refractivity contribution >= 4 is 0 Å². The maximum atomic E-state index is 6.62. The van der Waals surface area contributed by atoms with Crippen molar-refractivity contribution in [1.82, 2.24) is 9.78 Å². The molecule has 0 aliphatic heterocycles. The van der Waals surface area contributed by atoms with Gasteiger partial charge < -0.3 is 9.47 Å². The van der Waals surface area contributed by atoms with Gasteiger partial charge in [-0.05, 0) is 69.1 Å². The van der Waals surface area contributed by atoms with Crippen molar-refractivity contribution in [2.24, 2.45) is 17.8 Å². The van der Waals surface area contributed by atoms with Crippen LogP contribution >= 0.6 is 0 Å². The fourth-order valence-electron chi connectivity index (χ4n) is 6.64. The van der Waals surface area contributed by atoms with Crippen LogP contribution in [0.25, 0.3) is 0 Å². The molecule has 0 atom stereocenters. The van der Waals surface area contributed by atoms with E-state index in [1.54, 1.807) is 7.11 Å². The van der Waals surface area contributed by atoms with Gasteiger partial charge in [0, 0.05) is 0 Å². The zero-order chi connectivity index (χ0) is 16.9. The lowest BCUT2D eigenvalue weighted by atomic mass is 9.54. The quantitative estimate of drug-likeness (QED) is 0.763. The van der Waals surface area contributed by atoms with Gasteiger partial charge in [-0.25, -0.2) is 0 Å². The summed E-state index contributed by atoms with van der Waals surface area (Å²) in [7, 11) is 1.76. The number of nitrogens with zero attached hydrogens (tertiary/aromatic N) is 2. The monoisotopic (exact) mass is 344 g/mol. The fraction of sp³-hybridized carbons (Fsp3) is 0.857. The van der Waals surface area contributed by atoms with Gasteiger partial charge in [0.25, 0.3) is 0 Å². The van der Waals surface area contributed by atoms with Crippen molar-refractivity contribution < 1.29 is 9.47 Å². The van der Waals surface area contributed by atoms with E-state index < -0.39 is 0 Å². The van der Waals surface area contributed by atoms with Crippen LogP contribution in [0.5, 0.6) is 5.75 Å². The Balaban J connectivity index is 1.30. The molecule has 0 radical (unpaired) electrons. The third-order valence-electron chi connectivity index (χ3n) is 7.44. The van der Waals surface area contributed by atoms with E-state index in [4.69, 9.17) is 14.6 Å². The Morgan fingerprint density at radius 1 is 1.04 bits per heavy atom. The van der Waals surface area contributed by atoms with Crippen molar-refractivity contribution in [3.05, 3.63) is 11.9 Å². The molecule has 1 aromatic heterocycles. The SMILES string of the molecule is COc1cn(C2CCCCC2)nc1COC12CC3CC(CC(C3)C1)C2. The van der Waals surface area contributed by atoms with Gasteiger partial charge in [0.1, 0.15) is 5.69 Å². The minimum Gasteiger partial charge on any atom is -0.493 e. The molecule has 5 aliphatic carbocycles. The van der Waals surface area contributed by atoms with Gasteiger partial charge in [0.05, 0.1) is 31.6 Å². The van der Waals surface area contributed by atoms with Gasteiger partial charge in [0.2, 0.25) is 0 Å². The van der Waals surface area contributed by atoms with Gasteiger partial charge in [-0.2, -0.15) is 5.10 Å². The average Bonchev–Trinajstić information content (AvgIpc) is 3.03. The zero-order valence-electron chi connectivity index (χ0n) is 15.6. The van der Waals surface area contributed by atoms with Gasteiger partial charge in [-0.1, -0.05) is 19.3 Å². The van der Waals surface area contributed by atoms with Crippen LogP contribution < -0.4 is 4.74 Å². The number of aromatic nitrogens is 2. The van der Waals surface area contributed by atoms with Gasteiger partial charge in [0.15, 0.2) is 5.75 Å². The molecule has 4 nitrogen and oxygen atoms in total. The molecule has 0 aromatic carbocycles. The smallest absolute Gasteiger partial charge is 0.162 e. The molecule has 0 saturated heterocycles. The maximum absolute atomic E-state index is 6.62. The van der Waals surface area contributed by atoms with Crippen LogP contribution in [0, 0.1) is 17.8 Å². The van der Waals surface area contributed by atoms with Crippen LogP contribution in [-0.2, 0) is 11.3 Å². The summed E-state index contributed by atoms with van der Waals surface area (Å²) < 4.78 is 14.4. The number of hydrogen-bond donors (Lipinski definition) is 0. The lowest BCUT2D eigenvalue weighted by molar-refractivity contribution is -0.169. The van der Waals surface area contributed by atoms with Crippen LogP contribution in [0.2, 0.25) is 0 Å². The molecule has 5 aliphatic rings. The summed E-state index contributed by atoms with van der Waals surface area (Å²) in [6.07, 6.45) is 16.9. The third kappa shape index (κ3) is 3.01. The number of ether oxygens (including phenoxy) is 2. The Kier molecular flexibility index (Phi) is 4.07. The molecule has 6 rings (SSSR count). The molecule has 1 heterocycles. The van der Waals surface area contributed by atoms with E-state index in [2.05, 4.69) is 10.9 Å². The molecule has 0 amide bonds. The normalized spacial score (nSPS) is 37.6. The van der Waals surface area contributed by atoms with E-state index in [1.165, 1.54) is 70.6 Å². The Labute approximate surface area is 151 Å². The van der Waals surface area contributed by atoms with Crippen molar-refractivity contribution in [3.8, 4) is 5.75 Å². The second kappa shape index (κ2) is 6.29. The topological polar surface area (TPSA) is 36.3 Å².